The van der Waals surface area contributed by atoms with Crippen LogP contribution in [0.2, 0.25) is 0 Å². The summed E-state index contributed by atoms with van der Waals surface area (Å²) in [6.45, 7) is 7.64. The van der Waals surface area contributed by atoms with Gasteiger partial charge in [0.15, 0.2) is 0 Å². The van der Waals surface area contributed by atoms with E-state index in [9.17, 15) is 0 Å². The van der Waals surface area contributed by atoms with Gasteiger partial charge in [-0.2, -0.15) is 0 Å². The van der Waals surface area contributed by atoms with Gasteiger partial charge in [-0.25, -0.2) is 0 Å². The second-order valence-electron chi connectivity index (χ2n) is 5.23. The molecule has 2 nitrogen and oxygen atoms in total. The van der Waals surface area contributed by atoms with Gasteiger partial charge in [0.25, 0.3) is 0 Å². The molecule has 1 aliphatic heterocycles. The Morgan fingerprint density at radius 2 is 2.29 bits per heavy atom. The number of rotatable bonds is 3. The number of benzene rings is 1. The van der Waals surface area contributed by atoms with E-state index < -0.39 is 0 Å². The highest BCUT2D eigenvalue weighted by Gasteiger charge is 2.24. The van der Waals surface area contributed by atoms with Crippen molar-refractivity contribution in [2.75, 3.05) is 13.1 Å². The second-order valence-corrected chi connectivity index (χ2v) is 6.08. The molecule has 1 aromatic rings. The molecule has 0 radical (unpaired) electrons. The summed E-state index contributed by atoms with van der Waals surface area (Å²) in [5, 5.41) is 0. The molecule has 0 spiro atoms. The monoisotopic (exact) mass is 296 g/mol. The molecular formula is C14H21BrN2. The molecule has 17 heavy (non-hydrogen) atoms. The first-order chi connectivity index (χ1) is 8.06. The lowest BCUT2D eigenvalue weighted by Crippen LogP contribution is -2.29. The molecule has 0 amide bonds. The van der Waals surface area contributed by atoms with E-state index in [0.29, 0.717) is 12.0 Å². The van der Waals surface area contributed by atoms with Crippen LogP contribution in [0.1, 0.15) is 24.5 Å². The molecule has 1 heterocycles. The fourth-order valence-corrected chi connectivity index (χ4v) is 2.75. The molecule has 1 fully saturated rings. The summed E-state index contributed by atoms with van der Waals surface area (Å²) < 4.78 is 1.19. The Labute approximate surface area is 112 Å². The Morgan fingerprint density at radius 3 is 2.88 bits per heavy atom. The number of likely N-dealkylation sites (tertiary alicyclic amines) is 1. The average Bonchev–Trinajstić information content (AvgIpc) is 2.72. The van der Waals surface area contributed by atoms with Crippen LogP contribution in [0.15, 0.2) is 22.7 Å². The lowest BCUT2D eigenvalue weighted by Gasteiger charge is -2.18. The van der Waals surface area contributed by atoms with Crippen LogP contribution in [0.25, 0.3) is 0 Å². The van der Waals surface area contributed by atoms with Crippen LogP contribution in [-0.2, 0) is 6.54 Å². The van der Waals surface area contributed by atoms with Crippen LogP contribution in [0.4, 0.5) is 0 Å². The molecule has 3 heteroatoms. The maximum absolute atomic E-state index is 5.96. The van der Waals surface area contributed by atoms with Crippen LogP contribution in [-0.4, -0.2) is 24.0 Å². The van der Waals surface area contributed by atoms with Crippen LogP contribution in [0, 0.1) is 12.8 Å². The summed E-state index contributed by atoms with van der Waals surface area (Å²) in [7, 11) is 0. The largest absolute Gasteiger partial charge is 0.328 e. The van der Waals surface area contributed by atoms with E-state index in [1.807, 2.05) is 0 Å². The SMILES string of the molecule is Cc1cc(CN2CCC(C(C)N)C2)ccc1Br. The van der Waals surface area contributed by atoms with Crippen molar-refractivity contribution in [1.29, 1.82) is 0 Å². The van der Waals surface area contributed by atoms with Crippen molar-refractivity contribution in [3.05, 3.63) is 33.8 Å². The highest BCUT2D eigenvalue weighted by atomic mass is 79.9. The smallest absolute Gasteiger partial charge is 0.0233 e. The normalized spacial score (nSPS) is 22.9. The minimum atomic E-state index is 0.326. The maximum Gasteiger partial charge on any atom is 0.0233 e. The van der Waals surface area contributed by atoms with Crippen molar-refractivity contribution in [3.63, 3.8) is 0 Å². The van der Waals surface area contributed by atoms with Crippen molar-refractivity contribution in [2.24, 2.45) is 11.7 Å². The van der Waals surface area contributed by atoms with E-state index in [2.05, 4.69) is 52.9 Å². The molecule has 1 saturated heterocycles. The first-order valence-corrected chi connectivity index (χ1v) is 7.08. The van der Waals surface area contributed by atoms with Crippen LogP contribution >= 0.6 is 15.9 Å². The quantitative estimate of drug-likeness (QED) is 0.929. The Morgan fingerprint density at radius 1 is 1.53 bits per heavy atom. The maximum atomic E-state index is 5.96. The molecule has 2 rings (SSSR count). The molecule has 0 aromatic heterocycles. The average molecular weight is 297 g/mol. The van der Waals surface area contributed by atoms with E-state index in [1.54, 1.807) is 0 Å². The number of nitrogens with zero attached hydrogens (tertiary/aromatic N) is 1. The zero-order chi connectivity index (χ0) is 12.4. The number of hydrogen-bond acceptors (Lipinski definition) is 2. The van der Waals surface area contributed by atoms with E-state index in [0.717, 1.165) is 13.1 Å². The van der Waals surface area contributed by atoms with Crippen molar-refractivity contribution >= 4 is 15.9 Å². The van der Waals surface area contributed by atoms with Gasteiger partial charge in [0.1, 0.15) is 0 Å². The van der Waals surface area contributed by atoms with Gasteiger partial charge >= 0.3 is 0 Å². The molecular weight excluding hydrogens is 276 g/mol. The van der Waals surface area contributed by atoms with Gasteiger partial charge in [-0.3, -0.25) is 4.90 Å². The first-order valence-electron chi connectivity index (χ1n) is 6.29. The molecule has 1 aromatic carbocycles. The van der Waals surface area contributed by atoms with E-state index in [-0.39, 0.29) is 0 Å². The molecule has 94 valence electrons. The predicted molar refractivity (Wildman–Crippen MR) is 75.9 cm³/mol. The summed E-state index contributed by atoms with van der Waals surface area (Å²) >= 11 is 3.54. The number of nitrogens with two attached hydrogens (primary N) is 1. The zero-order valence-electron chi connectivity index (χ0n) is 10.6. The van der Waals surface area contributed by atoms with Gasteiger partial charge in [-0.05, 0) is 49.9 Å². The van der Waals surface area contributed by atoms with E-state index >= 15 is 0 Å². The van der Waals surface area contributed by atoms with Crippen molar-refractivity contribution in [1.82, 2.24) is 4.90 Å². The fraction of sp³-hybridized carbons (Fsp3) is 0.571. The lowest BCUT2D eigenvalue weighted by atomic mass is 10.0. The molecule has 0 aliphatic carbocycles. The number of halogens is 1. The second kappa shape index (κ2) is 5.51. The predicted octanol–water partition coefficient (Wildman–Crippen LogP) is 2.93. The highest BCUT2D eigenvalue weighted by Crippen LogP contribution is 2.22. The van der Waals surface area contributed by atoms with Gasteiger partial charge in [0.2, 0.25) is 0 Å². The van der Waals surface area contributed by atoms with Gasteiger partial charge in [-0.1, -0.05) is 28.1 Å². The summed E-state index contributed by atoms with van der Waals surface area (Å²) in [6, 6.07) is 6.94. The third-order valence-electron chi connectivity index (χ3n) is 3.68. The minimum absolute atomic E-state index is 0.326. The van der Waals surface area contributed by atoms with Crippen LogP contribution < -0.4 is 5.73 Å². The third kappa shape index (κ3) is 3.30. The topological polar surface area (TPSA) is 29.3 Å². The van der Waals surface area contributed by atoms with Gasteiger partial charge in [0, 0.05) is 23.6 Å². The fourth-order valence-electron chi connectivity index (χ4n) is 2.50. The van der Waals surface area contributed by atoms with Crippen molar-refractivity contribution < 1.29 is 0 Å². The van der Waals surface area contributed by atoms with Gasteiger partial charge < -0.3 is 5.73 Å². The molecule has 2 unspecified atom stereocenters. The van der Waals surface area contributed by atoms with Crippen molar-refractivity contribution in [3.8, 4) is 0 Å². The summed E-state index contributed by atoms with van der Waals surface area (Å²) in [6.07, 6.45) is 1.24. The molecule has 2 atom stereocenters. The minimum Gasteiger partial charge on any atom is -0.328 e. The lowest BCUT2D eigenvalue weighted by molar-refractivity contribution is 0.308. The standard InChI is InChI=1S/C14H21BrN2/c1-10-7-12(3-4-14(10)15)8-17-6-5-13(9-17)11(2)16/h3-4,7,11,13H,5-6,8-9,16H2,1-2H3. The number of hydrogen-bond donors (Lipinski definition) is 1. The Balaban J connectivity index is 1.96. The summed E-state index contributed by atoms with van der Waals surface area (Å²) in [5.41, 5.74) is 8.67. The van der Waals surface area contributed by atoms with Gasteiger partial charge in [0.05, 0.1) is 0 Å². The Kier molecular flexibility index (Phi) is 4.23. The van der Waals surface area contributed by atoms with Crippen LogP contribution in [0.3, 0.4) is 0 Å². The van der Waals surface area contributed by atoms with E-state index in [1.165, 1.54) is 28.6 Å². The van der Waals surface area contributed by atoms with Crippen molar-refractivity contribution in [2.45, 2.75) is 32.9 Å². The van der Waals surface area contributed by atoms with Crippen LogP contribution in [0.5, 0.6) is 0 Å². The molecule has 1 aliphatic rings. The molecule has 0 saturated carbocycles. The number of aryl methyl sites for hydroxylation is 1. The highest BCUT2D eigenvalue weighted by molar-refractivity contribution is 9.10. The third-order valence-corrected chi connectivity index (χ3v) is 4.57. The Bertz CT molecular complexity index is 390. The summed E-state index contributed by atoms with van der Waals surface area (Å²) in [4.78, 5) is 2.51. The van der Waals surface area contributed by atoms with E-state index in [4.69, 9.17) is 5.73 Å². The molecule has 2 N–H and O–H groups in total. The summed E-state index contributed by atoms with van der Waals surface area (Å²) in [5.74, 6) is 0.673. The Hall–Kier alpha value is -0.380. The molecule has 0 bridgehead atoms. The zero-order valence-corrected chi connectivity index (χ0v) is 12.2. The first kappa shape index (κ1) is 13.1. The van der Waals surface area contributed by atoms with Gasteiger partial charge in [-0.15, -0.1) is 0 Å².